The third-order valence-corrected chi connectivity index (χ3v) is 4.77. The van der Waals surface area contributed by atoms with Gasteiger partial charge in [-0.15, -0.1) is 0 Å². The Morgan fingerprint density at radius 2 is 1.81 bits per heavy atom. The SMILES string of the molecule is COc1cc(CNC(=O)c2cn[nH]c2-c2ccccc2)ccc1OCc1ccncc1. The van der Waals surface area contributed by atoms with E-state index < -0.39 is 0 Å². The van der Waals surface area contributed by atoms with E-state index in [0.717, 1.165) is 16.7 Å². The molecule has 7 heteroatoms. The van der Waals surface area contributed by atoms with Gasteiger partial charge in [-0.1, -0.05) is 36.4 Å². The van der Waals surface area contributed by atoms with E-state index in [1.807, 2.05) is 60.7 Å². The highest BCUT2D eigenvalue weighted by molar-refractivity contribution is 5.99. The molecule has 0 atom stereocenters. The zero-order valence-electron chi connectivity index (χ0n) is 17.0. The first-order chi connectivity index (χ1) is 15.2. The number of nitrogens with one attached hydrogen (secondary N) is 2. The topological polar surface area (TPSA) is 89.1 Å². The molecule has 1 amide bonds. The van der Waals surface area contributed by atoms with Gasteiger partial charge in [-0.25, -0.2) is 0 Å². The Bertz CT molecular complexity index is 1140. The normalized spacial score (nSPS) is 10.5. The Balaban J connectivity index is 1.41. The summed E-state index contributed by atoms with van der Waals surface area (Å²) < 4.78 is 11.3. The Labute approximate surface area is 180 Å². The molecule has 2 heterocycles. The van der Waals surface area contributed by atoms with E-state index in [4.69, 9.17) is 9.47 Å². The lowest BCUT2D eigenvalue weighted by Crippen LogP contribution is -2.23. The molecule has 4 rings (SSSR count). The zero-order valence-corrected chi connectivity index (χ0v) is 17.0. The highest BCUT2D eigenvalue weighted by Crippen LogP contribution is 2.29. The number of aromatic amines is 1. The van der Waals surface area contributed by atoms with Gasteiger partial charge in [0.05, 0.1) is 24.6 Å². The Morgan fingerprint density at radius 3 is 2.58 bits per heavy atom. The number of pyridine rings is 1. The summed E-state index contributed by atoms with van der Waals surface area (Å²) in [7, 11) is 1.59. The molecular formula is C24H22N4O3. The Kier molecular flexibility index (Phi) is 6.23. The number of rotatable bonds is 8. The van der Waals surface area contributed by atoms with Crippen LogP contribution in [-0.4, -0.2) is 28.2 Å². The van der Waals surface area contributed by atoms with E-state index in [2.05, 4.69) is 20.5 Å². The van der Waals surface area contributed by atoms with Crippen LogP contribution in [0.5, 0.6) is 11.5 Å². The molecule has 0 unspecified atom stereocenters. The molecule has 0 radical (unpaired) electrons. The van der Waals surface area contributed by atoms with Gasteiger partial charge in [0, 0.05) is 24.5 Å². The maximum Gasteiger partial charge on any atom is 0.255 e. The number of carbonyl (C=O) groups excluding carboxylic acids is 1. The van der Waals surface area contributed by atoms with Crippen molar-refractivity contribution in [1.82, 2.24) is 20.5 Å². The number of hydrogen-bond donors (Lipinski definition) is 2. The molecule has 0 aliphatic heterocycles. The summed E-state index contributed by atoms with van der Waals surface area (Å²) in [5.41, 5.74) is 4.00. The predicted molar refractivity (Wildman–Crippen MR) is 117 cm³/mol. The molecule has 156 valence electrons. The second kappa shape index (κ2) is 9.58. The first-order valence-electron chi connectivity index (χ1n) is 9.80. The van der Waals surface area contributed by atoms with Crippen LogP contribution in [-0.2, 0) is 13.2 Å². The first kappa shape index (κ1) is 20.2. The van der Waals surface area contributed by atoms with Crippen molar-refractivity contribution in [3.8, 4) is 22.8 Å². The summed E-state index contributed by atoms with van der Waals surface area (Å²) >= 11 is 0. The van der Waals surface area contributed by atoms with Crippen LogP contribution in [0.4, 0.5) is 0 Å². The fraction of sp³-hybridized carbons (Fsp3) is 0.125. The third-order valence-electron chi connectivity index (χ3n) is 4.77. The third kappa shape index (κ3) is 4.90. The standard InChI is InChI=1S/C24H22N4O3/c1-30-22-13-18(7-8-21(22)31-16-17-9-11-25-12-10-17)14-26-24(29)20-15-27-28-23(20)19-5-3-2-4-6-19/h2-13,15H,14,16H2,1H3,(H,26,29)(H,27,28). The summed E-state index contributed by atoms with van der Waals surface area (Å²) in [6, 6.07) is 19.0. The molecule has 4 aromatic rings. The van der Waals surface area contributed by atoms with Gasteiger partial charge in [-0.2, -0.15) is 5.10 Å². The van der Waals surface area contributed by atoms with E-state index in [1.54, 1.807) is 19.5 Å². The van der Waals surface area contributed by atoms with Gasteiger partial charge >= 0.3 is 0 Å². The van der Waals surface area contributed by atoms with Crippen LogP contribution in [0, 0.1) is 0 Å². The minimum absolute atomic E-state index is 0.204. The molecule has 2 aromatic carbocycles. The second-order valence-electron chi connectivity index (χ2n) is 6.84. The van der Waals surface area contributed by atoms with Gasteiger partial charge < -0.3 is 14.8 Å². The van der Waals surface area contributed by atoms with Crippen molar-refractivity contribution in [1.29, 1.82) is 0 Å². The van der Waals surface area contributed by atoms with Crippen molar-refractivity contribution in [3.63, 3.8) is 0 Å². The maximum absolute atomic E-state index is 12.7. The minimum atomic E-state index is -0.204. The zero-order chi connectivity index (χ0) is 21.5. The van der Waals surface area contributed by atoms with Crippen molar-refractivity contribution in [2.45, 2.75) is 13.2 Å². The van der Waals surface area contributed by atoms with E-state index in [1.165, 1.54) is 6.20 Å². The van der Waals surface area contributed by atoms with Gasteiger partial charge in [0.1, 0.15) is 6.61 Å². The molecule has 31 heavy (non-hydrogen) atoms. The van der Waals surface area contributed by atoms with Crippen LogP contribution in [0.2, 0.25) is 0 Å². The van der Waals surface area contributed by atoms with Gasteiger partial charge in [-0.3, -0.25) is 14.9 Å². The van der Waals surface area contributed by atoms with Crippen LogP contribution >= 0.6 is 0 Å². The highest BCUT2D eigenvalue weighted by Gasteiger charge is 2.15. The molecule has 2 aromatic heterocycles. The molecular weight excluding hydrogens is 392 g/mol. The molecule has 0 bridgehead atoms. The van der Waals surface area contributed by atoms with E-state index in [-0.39, 0.29) is 5.91 Å². The molecule has 0 aliphatic rings. The number of hydrogen-bond acceptors (Lipinski definition) is 5. The molecule has 0 spiro atoms. The van der Waals surface area contributed by atoms with Crippen molar-refractivity contribution < 1.29 is 14.3 Å². The second-order valence-corrected chi connectivity index (χ2v) is 6.84. The first-order valence-corrected chi connectivity index (χ1v) is 9.80. The molecule has 0 saturated carbocycles. The molecule has 0 fully saturated rings. The average molecular weight is 414 g/mol. The maximum atomic E-state index is 12.7. The predicted octanol–water partition coefficient (Wildman–Crippen LogP) is 3.99. The van der Waals surface area contributed by atoms with Gasteiger partial charge in [0.15, 0.2) is 11.5 Å². The lowest BCUT2D eigenvalue weighted by atomic mass is 10.1. The molecule has 0 aliphatic carbocycles. The van der Waals surface area contributed by atoms with Gasteiger partial charge in [-0.05, 0) is 35.4 Å². The van der Waals surface area contributed by atoms with Crippen LogP contribution in [0.1, 0.15) is 21.5 Å². The monoisotopic (exact) mass is 414 g/mol. The van der Waals surface area contributed by atoms with E-state index in [9.17, 15) is 4.79 Å². The van der Waals surface area contributed by atoms with Crippen molar-refractivity contribution >= 4 is 5.91 Å². The highest BCUT2D eigenvalue weighted by atomic mass is 16.5. The van der Waals surface area contributed by atoms with Crippen molar-refractivity contribution in [3.05, 3.63) is 95.9 Å². The van der Waals surface area contributed by atoms with Crippen LogP contribution in [0.15, 0.2) is 79.3 Å². The Hall–Kier alpha value is -4.13. The van der Waals surface area contributed by atoms with Crippen molar-refractivity contribution in [2.24, 2.45) is 0 Å². The smallest absolute Gasteiger partial charge is 0.255 e. The summed E-state index contributed by atoms with van der Waals surface area (Å²) in [6.45, 7) is 0.761. The van der Waals surface area contributed by atoms with Crippen LogP contribution in [0.25, 0.3) is 11.3 Å². The number of H-pyrrole nitrogens is 1. The number of aromatic nitrogens is 3. The lowest BCUT2D eigenvalue weighted by molar-refractivity contribution is 0.0951. The summed E-state index contributed by atoms with van der Waals surface area (Å²) in [5, 5.41) is 9.87. The molecule has 2 N–H and O–H groups in total. The molecule has 7 nitrogen and oxygen atoms in total. The largest absolute Gasteiger partial charge is 0.493 e. The van der Waals surface area contributed by atoms with Gasteiger partial charge in [0.25, 0.3) is 5.91 Å². The number of nitrogens with zero attached hydrogens (tertiary/aromatic N) is 2. The van der Waals surface area contributed by atoms with E-state index >= 15 is 0 Å². The number of methoxy groups -OCH3 is 1. The minimum Gasteiger partial charge on any atom is -0.493 e. The number of carbonyl (C=O) groups is 1. The number of amides is 1. The summed E-state index contributed by atoms with van der Waals surface area (Å²) in [4.78, 5) is 16.7. The lowest BCUT2D eigenvalue weighted by Gasteiger charge is -2.13. The average Bonchev–Trinajstić information content (AvgIpc) is 3.33. The fourth-order valence-electron chi connectivity index (χ4n) is 3.14. The van der Waals surface area contributed by atoms with Crippen molar-refractivity contribution in [2.75, 3.05) is 7.11 Å². The summed E-state index contributed by atoms with van der Waals surface area (Å²) in [6.07, 6.45) is 4.99. The number of ether oxygens (including phenoxy) is 2. The fourth-order valence-corrected chi connectivity index (χ4v) is 3.14. The quantitative estimate of drug-likeness (QED) is 0.455. The van der Waals surface area contributed by atoms with Crippen LogP contribution < -0.4 is 14.8 Å². The van der Waals surface area contributed by atoms with Crippen LogP contribution in [0.3, 0.4) is 0 Å². The van der Waals surface area contributed by atoms with Gasteiger partial charge in [0.2, 0.25) is 0 Å². The molecule has 0 saturated heterocycles. The number of benzene rings is 2. The Morgan fingerprint density at radius 1 is 1.00 bits per heavy atom. The summed E-state index contributed by atoms with van der Waals surface area (Å²) in [5.74, 6) is 1.04. The van der Waals surface area contributed by atoms with E-state index in [0.29, 0.717) is 35.9 Å².